The average Bonchev–Trinajstić information content (AvgIpc) is 3.21. The van der Waals surface area contributed by atoms with Crippen LogP contribution in [0.15, 0.2) is 44.2 Å². The van der Waals surface area contributed by atoms with Crippen molar-refractivity contribution in [1.29, 1.82) is 0 Å². The molecule has 1 aliphatic heterocycles. The Kier molecular flexibility index (Phi) is 8.06. The number of anilines is 1. The summed E-state index contributed by atoms with van der Waals surface area (Å²) >= 11 is 3.49. The molecule has 1 saturated heterocycles. The monoisotopic (exact) mass is 585 g/mol. The molecule has 0 aliphatic carbocycles. The highest BCUT2D eigenvalue weighted by Crippen LogP contribution is 2.31. The third-order valence-electron chi connectivity index (χ3n) is 6.78. The smallest absolute Gasteiger partial charge is 0.248 e. The van der Waals surface area contributed by atoms with Gasteiger partial charge in [-0.25, -0.2) is 8.42 Å². The summed E-state index contributed by atoms with van der Waals surface area (Å²) in [6.45, 7) is 10.2. The molecule has 1 amide bonds. The first-order valence-electron chi connectivity index (χ1n) is 12.3. The van der Waals surface area contributed by atoms with Gasteiger partial charge in [-0.2, -0.15) is 4.31 Å². The van der Waals surface area contributed by atoms with Crippen molar-refractivity contribution in [2.75, 3.05) is 18.4 Å². The molecule has 0 radical (unpaired) electrons. The van der Waals surface area contributed by atoms with Crippen LogP contribution in [0.4, 0.5) is 5.69 Å². The number of aryl methyl sites for hydroxylation is 5. The molecule has 2 aromatic carbocycles. The standard InChI is InChI=1S/C28H32BrN3O4S/c1-17-6-8-25(24(29)16-17)30-28(33)22-10-12-32(13-11-22)37(34,35)27-21(5)31-36-26(27)9-7-23-19(3)14-18(2)15-20(23)4/h6-9,14-16,22H,10-13H2,1-5H3,(H,30,33)/b9-7+. The molecule has 0 saturated carbocycles. The summed E-state index contributed by atoms with van der Waals surface area (Å²) < 4.78 is 34.9. The van der Waals surface area contributed by atoms with Crippen LogP contribution >= 0.6 is 15.9 Å². The van der Waals surface area contributed by atoms with Gasteiger partial charge in [-0.05, 0) is 104 Å². The van der Waals surface area contributed by atoms with Gasteiger partial charge in [0.1, 0.15) is 5.69 Å². The average molecular weight is 587 g/mol. The van der Waals surface area contributed by atoms with Crippen LogP contribution in [0.5, 0.6) is 0 Å². The van der Waals surface area contributed by atoms with E-state index >= 15 is 0 Å². The number of nitrogens with zero attached hydrogens (tertiary/aromatic N) is 2. The Labute approximate surface area is 227 Å². The maximum atomic E-state index is 13.6. The fourth-order valence-corrected chi connectivity index (χ4v) is 7.17. The van der Waals surface area contributed by atoms with Crippen LogP contribution in [-0.2, 0) is 14.8 Å². The van der Waals surface area contributed by atoms with E-state index in [0.717, 1.165) is 26.7 Å². The van der Waals surface area contributed by atoms with Crippen LogP contribution < -0.4 is 5.32 Å². The number of rotatable bonds is 6. The lowest BCUT2D eigenvalue weighted by Crippen LogP contribution is -2.41. The maximum Gasteiger partial charge on any atom is 0.248 e. The second kappa shape index (κ2) is 10.9. The minimum atomic E-state index is -3.84. The van der Waals surface area contributed by atoms with Gasteiger partial charge in [0.25, 0.3) is 0 Å². The molecule has 196 valence electrons. The number of amides is 1. The Morgan fingerprint density at radius 3 is 2.30 bits per heavy atom. The van der Waals surface area contributed by atoms with E-state index in [1.807, 2.05) is 52.0 Å². The summed E-state index contributed by atoms with van der Waals surface area (Å²) in [6, 6.07) is 9.92. The highest BCUT2D eigenvalue weighted by Gasteiger charge is 2.36. The minimum Gasteiger partial charge on any atom is -0.355 e. The van der Waals surface area contributed by atoms with E-state index in [1.165, 1.54) is 9.87 Å². The first-order valence-corrected chi connectivity index (χ1v) is 14.5. The molecule has 1 aromatic heterocycles. The molecule has 3 aromatic rings. The number of carbonyl (C=O) groups is 1. The highest BCUT2D eigenvalue weighted by atomic mass is 79.9. The summed E-state index contributed by atoms with van der Waals surface area (Å²) in [5.41, 5.74) is 6.53. The summed E-state index contributed by atoms with van der Waals surface area (Å²) in [7, 11) is -3.84. The van der Waals surface area contributed by atoms with Crippen molar-refractivity contribution < 1.29 is 17.7 Å². The highest BCUT2D eigenvalue weighted by molar-refractivity contribution is 9.10. The van der Waals surface area contributed by atoms with Crippen LogP contribution in [0, 0.1) is 40.5 Å². The molecule has 4 rings (SSSR count). The number of piperidine rings is 1. The molecule has 0 unspecified atom stereocenters. The Morgan fingerprint density at radius 1 is 1.03 bits per heavy atom. The van der Waals surface area contributed by atoms with E-state index in [1.54, 1.807) is 13.0 Å². The third kappa shape index (κ3) is 5.89. The summed E-state index contributed by atoms with van der Waals surface area (Å²) in [5, 5.41) is 6.92. The van der Waals surface area contributed by atoms with Crippen LogP contribution in [0.3, 0.4) is 0 Å². The molecule has 0 atom stereocenters. The maximum absolute atomic E-state index is 13.6. The molecule has 0 spiro atoms. The number of hydrogen-bond acceptors (Lipinski definition) is 5. The Balaban J connectivity index is 1.48. The number of halogens is 1. The van der Waals surface area contributed by atoms with Crippen molar-refractivity contribution in [3.63, 3.8) is 0 Å². The fraction of sp³-hybridized carbons (Fsp3) is 0.357. The van der Waals surface area contributed by atoms with Crippen LogP contribution in [0.25, 0.3) is 12.2 Å². The van der Waals surface area contributed by atoms with Crippen LogP contribution in [0.2, 0.25) is 0 Å². The zero-order valence-electron chi connectivity index (χ0n) is 21.8. The first-order chi connectivity index (χ1) is 17.5. The van der Waals surface area contributed by atoms with Gasteiger partial charge in [0.05, 0.1) is 5.69 Å². The van der Waals surface area contributed by atoms with Gasteiger partial charge in [-0.15, -0.1) is 0 Å². The van der Waals surface area contributed by atoms with E-state index in [2.05, 4.69) is 38.5 Å². The van der Waals surface area contributed by atoms with E-state index < -0.39 is 10.0 Å². The van der Waals surface area contributed by atoms with Gasteiger partial charge in [0.15, 0.2) is 10.7 Å². The molecule has 1 N–H and O–H groups in total. The number of hydrogen-bond donors (Lipinski definition) is 1. The molecule has 7 nitrogen and oxygen atoms in total. The SMILES string of the molecule is Cc1cc(C)c(/C=C/c2onc(C)c2S(=O)(=O)N2CCC(C(=O)Nc3ccc(C)cc3Br)CC2)c(C)c1. The fourth-order valence-electron chi connectivity index (χ4n) is 4.86. The predicted molar refractivity (Wildman–Crippen MR) is 150 cm³/mol. The van der Waals surface area contributed by atoms with E-state index in [-0.39, 0.29) is 35.6 Å². The van der Waals surface area contributed by atoms with Crippen LogP contribution in [-0.4, -0.2) is 36.9 Å². The zero-order chi connectivity index (χ0) is 26.9. The van der Waals surface area contributed by atoms with Crippen molar-refractivity contribution in [3.05, 3.63) is 74.1 Å². The minimum absolute atomic E-state index is 0.0812. The predicted octanol–water partition coefficient (Wildman–Crippen LogP) is 6.19. The first kappa shape index (κ1) is 27.3. The van der Waals surface area contributed by atoms with Crippen molar-refractivity contribution in [3.8, 4) is 0 Å². The lowest BCUT2D eigenvalue weighted by molar-refractivity contribution is -0.120. The van der Waals surface area contributed by atoms with Gasteiger partial charge in [-0.1, -0.05) is 35.0 Å². The molecular weight excluding hydrogens is 554 g/mol. The molecule has 1 aliphatic rings. The normalized spacial score (nSPS) is 15.4. The molecule has 1 fully saturated rings. The quantitative estimate of drug-likeness (QED) is 0.372. The van der Waals surface area contributed by atoms with Gasteiger partial charge < -0.3 is 9.84 Å². The van der Waals surface area contributed by atoms with Crippen LogP contribution in [0.1, 0.15) is 52.1 Å². The Morgan fingerprint density at radius 2 is 1.68 bits per heavy atom. The van der Waals surface area contributed by atoms with Crippen molar-refractivity contribution in [1.82, 2.24) is 9.46 Å². The Hall–Kier alpha value is -2.75. The summed E-state index contributed by atoms with van der Waals surface area (Å²) in [6.07, 6.45) is 4.43. The molecular formula is C28H32BrN3O4S. The van der Waals surface area contributed by atoms with E-state index in [0.29, 0.717) is 24.2 Å². The topological polar surface area (TPSA) is 92.5 Å². The number of benzene rings is 2. The lowest BCUT2D eigenvalue weighted by Gasteiger charge is -2.30. The summed E-state index contributed by atoms with van der Waals surface area (Å²) in [4.78, 5) is 12.9. The van der Waals surface area contributed by atoms with Gasteiger partial charge in [0.2, 0.25) is 15.9 Å². The van der Waals surface area contributed by atoms with Gasteiger partial charge in [-0.3, -0.25) is 4.79 Å². The number of aromatic nitrogens is 1. The number of nitrogens with one attached hydrogen (secondary N) is 1. The summed E-state index contributed by atoms with van der Waals surface area (Å²) in [5.74, 6) is -0.161. The second-order valence-electron chi connectivity index (χ2n) is 9.76. The molecule has 2 heterocycles. The van der Waals surface area contributed by atoms with E-state index in [4.69, 9.17) is 4.52 Å². The molecule has 9 heteroatoms. The van der Waals surface area contributed by atoms with Gasteiger partial charge in [0, 0.05) is 23.5 Å². The lowest BCUT2D eigenvalue weighted by atomic mass is 9.97. The zero-order valence-corrected chi connectivity index (χ0v) is 24.2. The third-order valence-corrected chi connectivity index (χ3v) is 9.49. The molecule has 0 bridgehead atoms. The molecule has 37 heavy (non-hydrogen) atoms. The second-order valence-corrected chi connectivity index (χ2v) is 12.5. The van der Waals surface area contributed by atoms with E-state index in [9.17, 15) is 13.2 Å². The Bertz CT molecular complexity index is 1450. The van der Waals surface area contributed by atoms with Crippen molar-refractivity contribution in [2.45, 2.75) is 52.4 Å². The number of sulfonamides is 1. The largest absolute Gasteiger partial charge is 0.355 e. The van der Waals surface area contributed by atoms with Crippen molar-refractivity contribution in [2.24, 2.45) is 5.92 Å². The number of carbonyl (C=O) groups excluding carboxylic acids is 1. The van der Waals surface area contributed by atoms with Crippen molar-refractivity contribution >= 4 is 49.7 Å². The van der Waals surface area contributed by atoms with Gasteiger partial charge >= 0.3 is 0 Å².